The van der Waals surface area contributed by atoms with Crippen molar-refractivity contribution in [2.45, 2.75) is 0 Å². The minimum atomic E-state index is -2.76. The molecule has 0 amide bonds. The molecular formula is C14H24Cl4N7P. The fraction of sp³-hybridized carbons (Fsp3) is 0.857. The average Bonchev–Trinajstić information content (AvgIpc) is 2.62. The Bertz CT molecular complexity index is 565. The summed E-state index contributed by atoms with van der Waals surface area (Å²) < 4.78 is 8.86. The summed E-state index contributed by atoms with van der Waals surface area (Å²) in [5, 5.41) is 0. The molecule has 2 saturated heterocycles. The quantitative estimate of drug-likeness (QED) is 0.476. The van der Waals surface area contributed by atoms with Crippen molar-refractivity contribution in [1.82, 2.24) is 19.6 Å². The number of piperazine rings is 2. The van der Waals surface area contributed by atoms with E-state index in [4.69, 9.17) is 45.7 Å². The zero-order chi connectivity index (χ0) is 18.6. The Morgan fingerprint density at radius 2 is 1.19 bits per heavy atom. The van der Waals surface area contributed by atoms with Crippen LogP contribution in [0.3, 0.4) is 0 Å². The predicted molar refractivity (Wildman–Crippen MR) is 113 cm³/mol. The number of halogens is 4. The van der Waals surface area contributed by atoms with Crippen LogP contribution >= 0.6 is 51.6 Å². The first-order valence-corrected chi connectivity index (χ1v) is 13.4. The highest BCUT2D eigenvalue weighted by molar-refractivity contribution is 8.09. The third-order valence-electron chi connectivity index (χ3n) is 4.73. The van der Waals surface area contributed by atoms with E-state index in [1.165, 1.54) is 0 Å². The van der Waals surface area contributed by atoms with Gasteiger partial charge in [0.15, 0.2) is 0 Å². The molecule has 2 fully saturated rings. The lowest BCUT2D eigenvalue weighted by Crippen LogP contribution is -2.51. The van der Waals surface area contributed by atoms with Gasteiger partial charge in [-0.15, -0.1) is 23.2 Å². The molecule has 3 aliphatic rings. The van der Waals surface area contributed by atoms with Crippen LogP contribution in [0.25, 0.3) is 0 Å². The maximum atomic E-state index is 6.39. The molecular weight excluding hydrogens is 439 g/mol. The first-order chi connectivity index (χ1) is 12.5. The zero-order valence-corrected chi connectivity index (χ0v) is 18.5. The summed E-state index contributed by atoms with van der Waals surface area (Å²) in [5.74, 6) is -0.241. The summed E-state index contributed by atoms with van der Waals surface area (Å²) in [6.07, 6.45) is 0. The minimum Gasteiger partial charge on any atom is -0.338 e. The molecule has 0 unspecified atom stereocenters. The lowest BCUT2D eigenvalue weighted by atomic mass is 10.3. The van der Waals surface area contributed by atoms with Crippen molar-refractivity contribution in [3.05, 3.63) is 0 Å². The van der Waals surface area contributed by atoms with Crippen LogP contribution in [0.15, 0.2) is 14.5 Å². The molecule has 12 heteroatoms. The highest BCUT2D eigenvalue weighted by Gasteiger charge is 2.29. The Kier molecular flexibility index (Phi) is 7.77. The third-order valence-corrected chi connectivity index (χ3v) is 6.82. The Balaban J connectivity index is 1.66. The molecule has 0 aromatic carbocycles. The van der Waals surface area contributed by atoms with Gasteiger partial charge in [-0.05, 0) is 22.5 Å². The molecule has 0 aliphatic carbocycles. The predicted octanol–water partition coefficient (Wildman–Crippen LogP) is 2.85. The molecule has 3 aliphatic heterocycles. The van der Waals surface area contributed by atoms with Crippen molar-refractivity contribution in [3.8, 4) is 0 Å². The standard InChI is InChI=1S/C14H24Cl4N7P/c15-1-3-22-5-9-24(10-6-22)13-19-14(21-26(17,18)20-13)25-11-7-23(4-2-16)8-12-25/h1-12H2. The summed E-state index contributed by atoms with van der Waals surface area (Å²) in [7, 11) is 0. The third kappa shape index (κ3) is 5.63. The van der Waals surface area contributed by atoms with Gasteiger partial charge in [-0.2, -0.15) is 14.5 Å². The molecule has 0 bridgehead atoms. The molecule has 0 aromatic heterocycles. The van der Waals surface area contributed by atoms with Crippen molar-refractivity contribution < 1.29 is 0 Å². The minimum absolute atomic E-state index is 0.613. The van der Waals surface area contributed by atoms with Crippen LogP contribution in [-0.2, 0) is 0 Å². The number of rotatable bonds is 4. The topological polar surface area (TPSA) is 50.0 Å². The van der Waals surface area contributed by atoms with Crippen molar-refractivity contribution in [2.24, 2.45) is 14.5 Å². The van der Waals surface area contributed by atoms with Crippen molar-refractivity contribution in [1.29, 1.82) is 0 Å². The van der Waals surface area contributed by atoms with E-state index >= 15 is 0 Å². The van der Waals surface area contributed by atoms with E-state index in [1.54, 1.807) is 0 Å². The average molecular weight is 463 g/mol. The van der Waals surface area contributed by atoms with Crippen molar-refractivity contribution in [3.63, 3.8) is 0 Å². The van der Waals surface area contributed by atoms with Crippen LogP contribution in [-0.4, -0.2) is 109 Å². The van der Waals surface area contributed by atoms with E-state index in [0.717, 1.165) is 65.4 Å². The lowest BCUT2D eigenvalue weighted by Gasteiger charge is -2.38. The summed E-state index contributed by atoms with van der Waals surface area (Å²) in [4.78, 5) is 13.6. The fourth-order valence-electron chi connectivity index (χ4n) is 3.22. The smallest absolute Gasteiger partial charge is 0.259 e. The molecule has 0 atom stereocenters. The molecule has 7 nitrogen and oxygen atoms in total. The molecule has 3 rings (SSSR count). The van der Waals surface area contributed by atoms with Crippen LogP contribution in [0.1, 0.15) is 0 Å². The van der Waals surface area contributed by atoms with Crippen LogP contribution in [0.2, 0.25) is 0 Å². The van der Waals surface area contributed by atoms with E-state index in [9.17, 15) is 0 Å². The Labute approximate surface area is 174 Å². The monoisotopic (exact) mass is 461 g/mol. The Morgan fingerprint density at radius 3 is 1.65 bits per heavy atom. The van der Waals surface area contributed by atoms with Gasteiger partial charge < -0.3 is 9.80 Å². The fourth-order valence-corrected chi connectivity index (χ4v) is 5.33. The molecule has 0 aromatic rings. The molecule has 26 heavy (non-hydrogen) atoms. The maximum absolute atomic E-state index is 6.39. The molecule has 0 radical (unpaired) electrons. The second-order valence-electron chi connectivity index (χ2n) is 6.40. The van der Waals surface area contributed by atoms with Gasteiger partial charge in [-0.1, -0.05) is 0 Å². The molecule has 148 valence electrons. The largest absolute Gasteiger partial charge is 0.338 e. The second kappa shape index (κ2) is 9.64. The van der Waals surface area contributed by atoms with E-state index < -0.39 is 5.91 Å². The van der Waals surface area contributed by atoms with Gasteiger partial charge in [0.05, 0.1) is 0 Å². The van der Waals surface area contributed by atoms with Crippen molar-refractivity contribution >= 4 is 63.5 Å². The molecule has 0 spiro atoms. The van der Waals surface area contributed by atoms with Crippen LogP contribution < -0.4 is 0 Å². The normalized spacial score (nSPS) is 24.9. The van der Waals surface area contributed by atoms with Gasteiger partial charge in [-0.25, -0.2) is 0 Å². The van der Waals surface area contributed by atoms with Crippen molar-refractivity contribution in [2.75, 3.05) is 77.2 Å². The van der Waals surface area contributed by atoms with E-state index in [-0.39, 0.29) is 0 Å². The number of guanidine groups is 2. The number of alkyl halides is 2. The maximum Gasteiger partial charge on any atom is 0.259 e. The van der Waals surface area contributed by atoms with Gasteiger partial charge in [0.2, 0.25) is 11.9 Å². The zero-order valence-electron chi connectivity index (χ0n) is 14.6. The first-order valence-electron chi connectivity index (χ1n) is 8.78. The van der Waals surface area contributed by atoms with Gasteiger partial charge in [0, 0.05) is 77.2 Å². The lowest BCUT2D eigenvalue weighted by molar-refractivity contribution is 0.186. The van der Waals surface area contributed by atoms with Crippen LogP contribution in [0.4, 0.5) is 0 Å². The summed E-state index contributed by atoms with van der Waals surface area (Å²) in [6, 6.07) is 0. The SMILES string of the molecule is ClCCN1CCN(C2=NC(N3CCN(CCCl)CC3)=NP(Cl)(Cl)=N2)CC1. The van der Waals surface area contributed by atoms with E-state index in [1.807, 2.05) is 0 Å². The summed E-state index contributed by atoms with van der Waals surface area (Å²) in [6.45, 7) is 8.88. The number of hydrogen-bond acceptors (Lipinski definition) is 7. The first kappa shape index (κ1) is 21.0. The number of aliphatic imine (C=N–C) groups is 1. The molecule has 3 heterocycles. The van der Waals surface area contributed by atoms with Crippen LogP contribution in [0, 0.1) is 0 Å². The summed E-state index contributed by atoms with van der Waals surface area (Å²) in [5.41, 5.74) is 0. The van der Waals surface area contributed by atoms with Gasteiger partial charge >= 0.3 is 0 Å². The highest BCUT2D eigenvalue weighted by atomic mass is 35.9. The van der Waals surface area contributed by atoms with Crippen LogP contribution in [0.5, 0.6) is 0 Å². The Morgan fingerprint density at radius 1 is 0.731 bits per heavy atom. The second-order valence-corrected chi connectivity index (χ2v) is 11.8. The number of hydrogen-bond donors (Lipinski definition) is 0. The van der Waals surface area contributed by atoms with E-state index in [2.05, 4.69) is 34.1 Å². The number of nitrogens with zero attached hydrogens (tertiary/aromatic N) is 7. The Hall–Kier alpha value is 0.250. The molecule has 0 saturated carbocycles. The highest BCUT2D eigenvalue weighted by Crippen LogP contribution is 2.63. The molecule has 0 N–H and O–H groups in total. The van der Waals surface area contributed by atoms with E-state index in [0.29, 0.717) is 23.7 Å². The van der Waals surface area contributed by atoms with Gasteiger partial charge in [-0.3, -0.25) is 9.80 Å². The van der Waals surface area contributed by atoms with Gasteiger partial charge in [0.1, 0.15) is 0 Å². The summed E-state index contributed by atoms with van der Waals surface area (Å²) >= 11 is 24.4. The van der Waals surface area contributed by atoms with Gasteiger partial charge in [0.25, 0.3) is 5.91 Å².